The Kier molecular flexibility index (Phi) is 4.44. The van der Waals surface area contributed by atoms with Crippen molar-refractivity contribution in [3.8, 4) is 5.69 Å². The number of aromatic carboxylic acids is 1. The van der Waals surface area contributed by atoms with Crippen LogP contribution in [0.25, 0.3) is 27.5 Å². The number of para-hydroxylation sites is 1. The Hall–Kier alpha value is -3.78. The second kappa shape index (κ2) is 7.17. The van der Waals surface area contributed by atoms with Crippen molar-refractivity contribution in [2.24, 2.45) is 5.73 Å². The quantitative estimate of drug-likeness (QED) is 0.531. The summed E-state index contributed by atoms with van der Waals surface area (Å²) in [5.41, 5.74) is 6.92. The van der Waals surface area contributed by atoms with Gasteiger partial charge in [0, 0.05) is 36.1 Å². The molecule has 0 unspecified atom stereocenters. The zero-order valence-corrected chi connectivity index (χ0v) is 16.5. The maximum Gasteiger partial charge on any atom is 0.341 e. The molecular formula is C23H19FN4O3. The highest BCUT2D eigenvalue weighted by Crippen LogP contribution is 2.29. The third-order valence-corrected chi connectivity index (χ3v) is 5.72. The lowest BCUT2D eigenvalue weighted by Gasteiger charge is -2.21. The Morgan fingerprint density at radius 3 is 2.77 bits per heavy atom. The van der Waals surface area contributed by atoms with Gasteiger partial charge in [-0.05, 0) is 30.7 Å². The number of rotatable bonds is 3. The van der Waals surface area contributed by atoms with E-state index in [0.717, 1.165) is 23.4 Å². The topological polar surface area (TPSA) is 101 Å². The third-order valence-electron chi connectivity index (χ3n) is 5.72. The summed E-state index contributed by atoms with van der Waals surface area (Å²) in [6.07, 6.45) is 3.62. The Labute approximate surface area is 176 Å². The van der Waals surface area contributed by atoms with Gasteiger partial charge in [-0.2, -0.15) is 0 Å². The number of anilines is 1. The molecule has 1 atom stereocenters. The van der Waals surface area contributed by atoms with Crippen molar-refractivity contribution < 1.29 is 14.3 Å². The van der Waals surface area contributed by atoms with E-state index in [2.05, 4.69) is 4.98 Å². The first kappa shape index (κ1) is 19.2. The predicted molar refractivity (Wildman–Crippen MR) is 117 cm³/mol. The fraction of sp³-hybridized carbons (Fsp3) is 0.174. The lowest BCUT2D eigenvalue weighted by molar-refractivity contribution is 0.0695. The summed E-state index contributed by atoms with van der Waals surface area (Å²) in [6.45, 7) is 1.12. The normalized spacial score (nSPS) is 16.3. The van der Waals surface area contributed by atoms with Crippen LogP contribution in [0.4, 0.5) is 10.1 Å². The van der Waals surface area contributed by atoms with Gasteiger partial charge < -0.3 is 20.3 Å². The van der Waals surface area contributed by atoms with Crippen molar-refractivity contribution in [1.29, 1.82) is 0 Å². The highest BCUT2D eigenvalue weighted by molar-refractivity contribution is 5.94. The molecular weight excluding hydrogens is 399 g/mol. The number of hydrogen-bond acceptors (Lipinski definition) is 5. The molecule has 4 aromatic rings. The van der Waals surface area contributed by atoms with E-state index in [1.54, 1.807) is 16.8 Å². The molecule has 1 fully saturated rings. The number of aromatic nitrogens is 2. The van der Waals surface area contributed by atoms with Gasteiger partial charge in [-0.15, -0.1) is 0 Å². The van der Waals surface area contributed by atoms with Crippen LogP contribution in [0.3, 0.4) is 0 Å². The first-order valence-electron chi connectivity index (χ1n) is 9.90. The SMILES string of the molecule is N[C@H]1CCN(c2cc3c(cc2F)c(=O)c(C(=O)O)cn3-c2cnc3ccccc3c2)C1. The maximum absolute atomic E-state index is 15.0. The fourth-order valence-corrected chi connectivity index (χ4v) is 4.14. The molecule has 0 radical (unpaired) electrons. The Morgan fingerprint density at radius 2 is 2.03 bits per heavy atom. The minimum atomic E-state index is -1.37. The molecule has 0 bridgehead atoms. The average molecular weight is 418 g/mol. The molecule has 5 rings (SSSR count). The van der Waals surface area contributed by atoms with Gasteiger partial charge >= 0.3 is 5.97 Å². The van der Waals surface area contributed by atoms with Crippen LogP contribution in [-0.4, -0.2) is 39.8 Å². The van der Waals surface area contributed by atoms with E-state index in [-0.39, 0.29) is 11.4 Å². The number of nitrogens with zero attached hydrogens (tertiary/aromatic N) is 3. The standard InChI is InChI=1S/C23H19FN4O3/c24-18-8-16-20(9-21(18)27-6-5-14(25)11-27)28(12-17(22(16)29)23(30)31)15-7-13-3-1-2-4-19(13)26-10-15/h1-4,7-10,12,14H,5-6,11,25H2,(H,30,31)/t14-/m0/s1. The van der Waals surface area contributed by atoms with Gasteiger partial charge in [0.15, 0.2) is 0 Å². The van der Waals surface area contributed by atoms with Crippen molar-refractivity contribution in [2.75, 3.05) is 18.0 Å². The van der Waals surface area contributed by atoms with Crippen LogP contribution in [0.15, 0.2) is 59.7 Å². The molecule has 0 spiro atoms. The van der Waals surface area contributed by atoms with Crippen molar-refractivity contribution in [3.05, 3.63) is 76.5 Å². The van der Waals surface area contributed by atoms with Crippen molar-refractivity contribution in [2.45, 2.75) is 12.5 Å². The van der Waals surface area contributed by atoms with Gasteiger partial charge in [-0.25, -0.2) is 9.18 Å². The number of fused-ring (bicyclic) bond motifs is 2. The second-order valence-corrected chi connectivity index (χ2v) is 7.75. The Balaban J connectivity index is 1.81. The van der Waals surface area contributed by atoms with Gasteiger partial charge in [0.05, 0.1) is 28.6 Å². The number of carboxylic acid groups (broad SMARTS) is 1. The molecule has 2 aromatic heterocycles. The summed E-state index contributed by atoms with van der Waals surface area (Å²) >= 11 is 0. The van der Waals surface area contributed by atoms with Gasteiger partial charge in [-0.3, -0.25) is 9.78 Å². The molecule has 1 saturated heterocycles. The third kappa shape index (κ3) is 3.21. The van der Waals surface area contributed by atoms with Gasteiger partial charge in [0.25, 0.3) is 0 Å². The van der Waals surface area contributed by atoms with Crippen LogP contribution < -0.4 is 16.1 Å². The van der Waals surface area contributed by atoms with E-state index >= 15 is 0 Å². The van der Waals surface area contributed by atoms with Crippen LogP contribution in [0.2, 0.25) is 0 Å². The van der Waals surface area contributed by atoms with E-state index in [4.69, 9.17) is 5.73 Å². The van der Waals surface area contributed by atoms with E-state index in [1.165, 1.54) is 6.20 Å². The van der Waals surface area contributed by atoms with Crippen molar-refractivity contribution in [1.82, 2.24) is 9.55 Å². The molecule has 31 heavy (non-hydrogen) atoms. The highest BCUT2D eigenvalue weighted by atomic mass is 19.1. The number of nitrogens with two attached hydrogens (primary N) is 1. The van der Waals surface area contributed by atoms with E-state index < -0.39 is 22.8 Å². The van der Waals surface area contributed by atoms with Crippen LogP contribution in [0.5, 0.6) is 0 Å². The minimum Gasteiger partial charge on any atom is -0.477 e. The molecule has 1 aliphatic heterocycles. The predicted octanol–water partition coefficient (Wildman–Crippen LogP) is 2.91. The highest BCUT2D eigenvalue weighted by Gasteiger charge is 2.24. The molecule has 2 aromatic carbocycles. The summed E-state index contributed by atoms with van der Waals surface area (Å²) in [4.78, 5) is 30.8. The van der Waals surface area contributed by atoms with Crippen LogP contribution >= 0.6 is 0 Å². The van der Waals surface area contributed by atoms with E-state index in [9.17, 15) is 19.1 Å². The fourth-order valence-electron chi connectivity index (χ4n) is 4.14. The lowest BCUT2D eigenvalue weighted by Crippen LogP contribution is -2.27. The molecule has 3 heterocycles. The van der Waals surface area contributed by atoms with Crippen molar-refractivity contribution in [3.63, 3.8) is 0 Å². The van der Waals surface area contributed by atoms with Gasteiger partial charge in [0.2, 0.25) is 5.43 Å². The zero-order chi connectivity index (χ0) is 21.7. The monoisotopic (exact) mass is 418 g/mol. The minimum absolute atomic E-state index is 0.00203. The molecule has 0 saturated carbocycles. The molecule has 0 amide bonds. The maximum atomic E-state index is 15.0. The van der Waals surface area contributed by atoms with Crippen LogP contribution in [-0.2, 0) is 0 Å². The zero-order valence-electron chi connectivity index (χ0n) is 16.5. The average Bonchev–Trinajstić information content (AvgIpc) is 3.19. The number of halogens is 1. The number of carboxylic acids is 1. The number of benzene rings is 2. The summed E-state index contributed by atoms with van der Waals surface area (Å²) in [7, 11) is 0. The number of pyridine rings is 2. The smallest absolute Gasteiger partial charge is 0.341 e. The first-order valence-corrected chi connectivity index (χ1v) is 9.90. The Bertz CT molecular complexity index is 1420. The largest absolute Gasteiger partial charge is 0.477 e. The van der Waals surface area contributed by atoms with Crippen LogP contribution in [0.1, 0.15) is 16.8 Å². The van der Waals surface area contributed by atoms with Crippen molar-refractivity contribution >= 4 is 33.5 Å². The first-order chi connectivity index (χ1) is 14.9. The molecule has 3 N–H and O–H groups in total. The Morgan fingerprint density at radius 1 is 1.23 bits per heavy atom. The molecule has 156 valence electrons. The number of hydrogen-bond donors (Lipinski definition) is 2. The molecule has 7 nitrogen and oxygen atoms in total. The van der Waals surface area contributed by atoms with Gasteiger partial charge in [0.1, 0.15) is 11.4 Å². The summed E-state index contributed by atoms with van der Waals surface area (Å²) in [5, 5.41) is 10.4. The summed E-state index contributed by atoms with van der Waals surface area (Å²) in [5.74, 6) is -1.95. The molecule has 1 aliphatic rings. The molecule has 8 heteroatoms. The molecule has 0 aliphatic carbocycles. The van der Waals surface area contributed by atoms with E-state index in [0.29, 0.717) is 30.0 Å². The van der Waals surface area contributed by atoms with Gasteiger partial charge in [-0.1, -0.05) is 18.2 Å². The second-order valence-electron chi connectivity index (χ2n) is 7.75. The summed E-state index contributed by atoms with van der Waals surface area (Å²) in [6, 6.07) is 12.0. The van der Waals surface area contributed by atoms with Crippen LogP contribution in [0, 0.1) is 5.82 Å². The lowest BCUT2D eigenvalue weighted by atomic mass is 10.1. The summed E-state index contributed by atoms with van der Waals surface area (Å²) < 4.78 is 16.5. The van der Waals surface area contributed by atoms with E-state index in [1.807, 2.05) is 35.2 Å². The number of carbonyl (C=O) groups is 1.